The van der Waals surface area contributed by atoms with Crippen molar-refractivity contribution in [2.24, 2.45) is 16.7 Å². The van der Waals surface area contributed by atoms with Crippen LogP contribution in [0.25, 0.3) is 0 Å². The molecule has 0 aliphatic heterocycles. The molecule has 3 atom stereocenters. The van der Waals surface area contributed by atoms with Crippen LogP contribution in [0.1, 0.15) is 53.4 Å². The maximum atomic E-state index is 11.6. The molecule has 5 heteroatoms. The van der Waals surface area contributed by atoms with Crippen LogP contribution < -0.4 is 5.32 Å². The van der Waals surface area contributed by atoms with E-state index in [4.69, 9.17) is 0 Å². The van der Waals surface area contributed by atoms with Gasteiger partial charge in [0.2, 0.25) is 10.0 Å². The summed E-state index contributed by atoms with van der Waals surface area (Å²) in [5.41, 5.74) is 0.809. The zero-order valence-corrected chi connectivity index (χ0v) is 15.1. The fourth-order valence-corrected chi connectivity index (χ4v) is 5.80. The zero-order chi connectivity index (χ0) is 15.9. The van der Waals surface area contributed by atoms with Gasteiger partial charge in [-0.3, -0.25) is 0 Å². The predicted molar refractivity (Wildman–Crippen MR) is 87.7 cm³/mol. The van der Waals surface area contributed by atoms with E-state index >= 15 is 0 Å². The van der Waals surface area contributed by atoms with Crippen molar-refractivity contribution in [1.82, 2.24) is 9.62 Å². The van der Waals surface area contributed by atoms with Crippen LogP contribution in [0.15, 0.2) is 0 Å². The average Bonchev–Trinajstić information content (AvgIpc) is 2.82. The molecule has 2 aliphatic carbocycles. The highest BCUT2D eigenvalue weighted by Crippen LogP contribution is 2.62. The lowest BCUT2D eigenvalue weighted by atomic mass is 9.68. The second kappa shape index (κ2) is 5.82. The van der Waals surface area contributed by atoms with E-state index < -0.39 is 10.0 Å². The van der Waals surface area contributed by atoms with E-state index in [1.165, 1.54) is 25.5 Å². The molecule has 0 heterocycles. The zero-order valence-electron chi connectivity index (χ0n) is 14.3. The topological polar surface area (TPSA) is 49.4 Å². The minimum absolute atomic E-state index is 0.369. The van der Waals surface area contributed by atoms with Gasteiger partial charge in [-0.1, -0.05) is 27.7 Å². The maximum absolute atomic E-state index is 11.6. The fraction of sp³-hybridized carbons (Fsp3) is 1.00. The minimum Gasteiger partial charge on any atom is -0.313 e. The quantitative estimate of drug-likeness (QED) is 0.734. The van der Waals surface area contributed by atoms with E-state index in [0.717, 1.165) is 18.9 Å². The van der Waals surface area contributed by atoms with Gasteiger partial charge in [0.05, 0.1) is 6.26 Å². The van der Waals surface area contributed by atoms with Gasteiger partial charge in [0.25, 0.3) is 0 Å². The van der Waals surface area contributed by atoms with Gasteiger partial charge in [0.15, 0.2) is 0 Å². The van der Waals surface area contributed by atoms with Gasteiger partial charge in [-0.15, -0.1) is 0 Å². The molecule has 0 aromatic carbocycles. The van der Waals surface area contributed by atoms with E-state index in [1.807, 2.05) is 6.92 Å². The minimum atomic E-state index is -3.05. The van der Waals surface area contributed by atoms with Crippen LogP contribution in [0.2, 0.25) is 0 Å². The molecule has 0 aromatic heterocycles. The Balaban J connectivity index is 1.84. The van der Waals surface area contributed by atoms with Gasteiger partial charge in [0.1, 0.15) is 0 Å². The molecule has 2 fully saturated rings. The van der Waals surface area contributed by atoms with Crippen molar-refractivity contribution >= 4 is 10.0 Å². The SMILES string of the molecule is CCN(CCCNC1C2(C)CCC(C2)C1(C)C)S(C)(=O)=O. The van der Waals surface area contributed by atoms with E-state index in [0.29, 0.717) is 30.0 Å². The Morgan fingerprint density at radius 1 is 1.29 bits per heavy atom. The molecular weight excluding hydrogens is 284 g/mol. The molecule has 3 unspecified atom stereocenters. The summed E-state index contributed by atoms with van der Waals surface area (Å²) in [6.07, 6.45) is 6.24. The molecule has 0 aromatic rings. The lowest BCUT2D eigenvalue weighted by Gasteiger charge is -2.43. The summed E-state index contributed by atoms with van der Waals surface area (Å²) < 4.78 is 24.7. The molecule has 1 N–H and O–H groups in total. The summed E-state index contributed by atoms with van der Waals surface area (Å²) >= 11 is 0. The Bertz CT molecular complexity index is 470. The van der Waals surface area contributed by atoms with Gasteiger partial charge in [-0.2, -0.15) is 0 Å². The van der Waals surface area contributed by atoms with Gasteiger partial charge >= 0.3 is 0 Å². The van der Waals surface area contributed by atoms with Gasteiger partial charge in [0, 0.05) is 19.1 Å². The summed E-state index contributed by atoms with van der Waals surface area (Å²) in [6.45, 7) is 11.2. The van der Waals surface area contributed by atoms with Crippen molar-refractivity contribution in [3.05, 3.63) is 0 Å². The number of hydrogen-bond donors (Lipinski definition) is 1. The third-order valence-corrected chi connectivity index (χ3v) is 7.40. The van der Waals surface area contributed by atoms with Crippen molar-refractivity contribution in [3.8, 4) is 0 Å². The number of nitrogens with zero attached hydrogens (tertiary/aromatic N) is 1. The fourth-order valence-electron chi connectivity index (χ4n) is 4.87. The Kier molecular flexibility index (Phi) is 4.77. The molecule has 2 aliphatic rings. The second-order valence-corrected chi connectivity index (χ2v) is 9.89. The molecule has 0 saturated heterocycles. The van der Waals surface area contributed by atoms with Crippen molar-refractivity contribution < 1.29 is 8.42 Å². The molecule has 21 heavy (non-hydrogen) atoms. The normalized spacial score (nSPS) is 34.8. The van der Waals surface area contributed by atoms with Crippen molar-refractivity contribution in [2.75, 3.05) is 25.9 Å². The third kappa shape index (κ3) is 3.30. The summed E-state index contributed by atoms with van der Waals surface area (Å²) in [4.78, 5) is 0. The Hall–Kier alpha value is -0.130. The molecule has 0 spiro atoms. The molecule has 0 radical (unpaired) electrons. The Morgan fingerprint density at radius 2 is 1.95 bits per heavy atom. The lowest BCUT2D eigenvalue weighted by Crippen LogP contribution is -2.50. The molecule has 124 valence electrons. The van der Waals surface area contributed by atoms with Crippen LogP contribution in [0.5, 0.6) is 0 Å². The van der Waals surface area contributed by atoms with Crippen LogP contribution in [-0.2, 0) is 10.0 Å². The van der Waals surface area contributed by atoms with Crippen LogP contribution in [-0.4, -0.2) is 44.7 Å². The highest BCUT2D eigenvalue weighted by molar-refractivity contribution is 7.88. The smallest absolute Gasteiger partial charge is 0.211 e. The first-order valence-corrected chi connectivity index (χ1v) is 10.1. The number of fused-ring (bicyclic) bond motifs is 2. The van der Waals surface area contributed by atoms with Crippen LogP contribution in [0, 0.1) is 16.7 Å². The average molecular weight is 317 g/mol. The third-order valence-electron chi connectivity index (χ3n) is 6.02. The van der Waals surface area contributed by atoms with E-state index in [-0.39, 0.29) is 0 Å². The van der Waals surface area contributed by atoms with Crippen molar-refractivity contribution in [3.63, 3.8) is 0 Å². The summed E-state index contributed by atoms with van der Waals surface area (Å²) in [5, 5.41) is 3.75. The van der Waals surface area contributed by atoms with Crippen LogP contribution >= 0.6 is 0 Å². The van der Waals surface area contributed by atoms with E-state index in [2.05, 4.69) is 26.1 Å². The molecule has 2 rings (SSSR count). The molecule has 0 amide bonds. The maximum Gasteiger partial charge on any atom is 0.211 e. The largest absolute Gasteiger partial charge is 0.313 e. The Morgan fingerprint density at radius 3 is 2.43 bits per heavy atom. The van der Waals surface area contributed by atoms with Crippen molar-refractivity contribution in [2.45, 2.75) is 59.4 Å². The van der Waals surface area contributed by atoms with Gasteiger partial charge < -0.3 is 5.32 Å². The van der Waals surface area contributed by atoms with Crippen molar-refractivity contribution in [1.29, 1.82) is 0 Å². The van der Waals surface area contributed by atoms with E-state index in [9.17, 15) is 8.42 Å². The standard InChI is InChI=1S/C16H32N2O2S/c1-6-18(21(5,19)20)11-7-10-17-14-15(2,3)13-8-9-16(14,4)12-13/h13-14,17H,6-12H2,1-5H3. The first kappa shape index (κ1) is 17.2. The monoisotopic (exact) mass is 316 g/mol. The first-order chi connectivity index (χ1) is 9.61. The number of hydrogen-bond acceptors (Lipinski definition) is 3. The molecule has 2 bridgehead atoms. The first-order valence-electron chi connectivity index (χ1n) is 8.30. The van der Waals surface area contributed by atoms with Gasteiger partial charge in [-0.05, 0) is 49.0 Å². The highest BCUT2D eigenvalue weighted by atomic mass is 32.2. The lowest BCUT2D eigenvalue weighted by molar-refractivity contribution is 0.109. The van der Waals surface area contributed by atoms with Crippen LogP contribution in [0.3, 0.4) is 0 Å². The molecular formula is C16H32N2O2S. The highest BCUT2D eigenvalue weighted by Gasteiger charge is 2.58. The van der Waals surface area contributed by atoms with E-state index in [1.54, 1.807) is 4.31 Å². The predicted octanol–water partition coefficient (Wildman–Crippen LogP) is 2.46. The number of sulfonamides is 1. The molecule has 2 saturated carbocycles. The number of rotatable bonds is 7. The summed E-state index contributed by atoms with van der Waals surface area (Å²) in [6, 6.07) is 0.567. The van der Waals surface area contributed by atoms with Gasteiger partial charge in [-0.25, -0.2) is 12.7 Å². The van der Waals surface area contributed by atoms with Crippen LogP contribution in [0.4, 0.5) is 0 Å². The number of nitrogens with one attached hydrogen (secondary N) is 1. The Labute approximate surface area is 130 Å². The summed E-state index contributed by atoms with van der Waals surface area (Å²) in [7, 11) is -3.05. The molecule has 4 nitrogen and oxygen atoms in total. The summed E-state index contributed by atoms with van der Waals surface area (Å²) in [5.74, 6) is 0.850. The second-order valence-electron chi connectivity index (χ2n) is 7.91.